The van der Waals surface area contributed by atoms with Crippen LogP contribution < -0.4 is 10.0 Å². The van der Waals surface area contributed by atoms with Crippen LogP contribution in [0.2, 0.25) is 0 Å². The highest BCUT2D eigenvalue weighted by Gasteiger charge is 2.28. The minimum absolute atomic E-state index is 0.289. The number of benzene rings is 2. The van der Waals surface area contributed by atoms with E-state index in [1.165, 1.54) is 10.5 Å². The number of aromatic nitrogens is 1. The number of carbonyl (C=O) groups excluding carboxylic acids is 1. The molecule has 1 atom stereocenters. The maximum Gasteiger partial charge on any atom is 0.106 e. The standard InChI is InChI=1S/C25H26N2O2/c1-4-27-14-19(13-17-9-11-18(12-10-17)16(2)3)24-21(15-27)23(25(28)29)20-7-5-6-8-22(20)26-24/h5-13,16H,4,14-15H2,1-3H3,(H,28,29)/b19-13+. The second kappa shape index (κ2) is 7.80. The van der Waals surface area contributed by atoms with Gasteiger partial charge in [0.2, 0.25) is 0 Å². The molecule has 2 heterocycles. The van der Waals surface area contributed by atoms with Crippen LogP contribution in [0, 0.1) is 0 Å². The molecule has 4 rings (SSSR count). The quantitative estimate of drug-likeness (QED) is 0.750. The van der Waals surface area contributed by atoms with E-state index in [2.05, 4.69) is 51.1 Å². The third-order valence-electron chi connectivity index (χ3n) is 5.81. The van der Waals surface area contributed by atoms with E-state index in [9.17, 15) is 9.90 Å². The number of likely N-dealkylation sites (N-methyl/N-ethyl adjacent to an activating group) is 1. The zero-order valence-electron chi connectivity index (χ0n) is 17.2. The number of hydrogen-bond donors (Lipinski definition) is 1. The first-order chi connectivity index (χ1) is 14.0. The van der Waals surface area contributed by atoms with E-state index < -0.39 is 5.97 Å². The molecule has 0 radical (unpaired) electrons. The van der Waals surface area contributed by atoms with Crippen molar-refractivity contribution < 1.29 is 14.8 Å². The highest BCUT2D eigenvalue weighted by Crippen LogP contribution is 2.30. The fraction of sp³-hybridized carbons (Fsp3) is 0.280. The van der Waals surface area contributed by atoms with Crippen LogP contribution in [0.1, 0.15) is 59.4 Å². The van der Waals surface area contributed by atoms with E-state index >= 15 is 0 Å². The number of hydrogen-bond acceptors (Lipinski definition) is 3. The molecular weight excluding hydrogens is 360 g/mol. The predicted molar refractivity (Wildman–Crippen MR) is 115 cm³/mol. The van der Waals surface area contributed by atoms with Crippen molar-refractivity contribution >= 4 is 28.5 Å². The molecule has 1 N–H and O–H groups in total. The molecule has 148 valence electrons. The van der Waals surface area contributed by atoms with E-state index in [0.717, 1.165) is 35.5 Å². The molecule has 0 spiro atoms. The summed E-state index contributed by atoms with van der Waals surface area (Å²) < 4.78 is 0. The van der Waals surface area contributed by atoms with Crippen molar-refractivity contribution in [3.63, 3.8) is 0 Å². The Bertz CT molecular complexity index is 1100. The monoisotopic (exact) mass is 386 g/mol. The van der Waals surface area contributed by atoms with Gasteiger partial charge in [-0.3, -0.25) is 0 Å². The number of carboxylic acids is 1. The lowest BCUT2D eigenvalue weighted by Gasteiger charge is -2.29. The van der Waals surface area contributed by atoms with E-state index in [1.54, 1.807) is 0 Å². The molecule has 1 unspecified atom stereocenters. The molecular formula is C25H26N2O2. The minimum Gasteiger partial charge on any atom is -0.545 e. The zero-order valence-corrected chi connectivity index (χ0v) is 17.2. The minimum atomic E-state index is -1.13. The molecule has 0 saturated heterocycles. The molecule has 1 aromatic heterocycles. The largest absolute Gasteiger partial charge is 0.545 e. The summed E-state index contributed by atoms with van der Waals surface area (Å²) >= 11 is 0. The SMILES string of the molecule is CC[NH+]1C/C(=C\c2ccc(C(C)C)cc2)c2nc3ccccc3c(C(=O)[O-])c2C1. The van der Waals surface area contributed by atoms with Gasteiger partial charge in [0.05, 0.1) is 23.7 Å². The van der Waals surface area contributed by atoms with Crippen LogP contribution in [0.3, 0.4) is 0 Å². The summed E-state index contributed by atoms with van der Waals surface area (Å²) in [6.07, 6.45) is 2.15. The van der Waals surface area contributed by atoms with Gasteiger partial charge in [-0.25, -0.2) is 4.98 Å². The normalized spacial score (nSPS) is 17.7. The Balaban J connectivity index is 1.90. The van der Waals surface area contributed by atoms with Gasteiger partial charge in [0.1, 0.15) is 13.1 Å². The molecule has 4 heteroatoms. The number of nitrogens with one attached hydrogen (secondary N) is 1. The number of carboxylic acid groups (broad SMARTS) is 1. The second-order valence-electron chi connectivity index (χ2n) is 8.07. The van der Waals surface area contributed by atoms with E-state index in [4.69, 9.17) is 4.98 Å². The van der Waals surface area contributed by atoms with E-state index in [0.29, 0.717) is 23.4 Å². The van der Waals surface area contributed by atoms with Gasteiger partial charge in [0.15, 0.2) is 0 Å². The van der Waals surface area contributed by atoms with Gasteiger partial charge in [0, 0.05) is 22.1 Å². The summed E-state index contributed by atoms with van der Waals surface area (Å²) in [5, 5.41) is 12.7. The Hall–Kier alpha value is -2.98. The number of quaternary nitrogens is 1. The van der Waals surface area contributed by atoms with Crippen LogP contribution in [-0.4, -0.2) is 24.0 Å². The highest BCUT2D eigenvalue weighted by atomic mass is 16.4. The highest BCUT2D eigenvalue weighted by molar-refractivity contribution is 6.05. The average molecular weight is 386 g/mol. The zero-order chi connectivity index (χ0) is 20.5. The number of aromatic carboxylic acids is 1. The third-order valence-corrected chi connectivity index (χ3v) is 5.81. The van der Waals surface area contributed by atoms with Gasteiger partial charge in [-0.2, -0.15) is 0 Å². The van der Waals surface area contributed by atoms with Gasteiger partial charge in [0.25, 0.3) is 0 Å². The molecule has 0 aliphatic carbocycles. The summed E-state index contributed by atoms with van der Waals surface area (Å²) in [5.74, 6) is -0.636. The molecule has 2 aromatic carbocycles. The molecule has 29 heavy (non-hydrogen) atoms. The van der Waals surface area contributed by atoms with Gasteiger partial charge in [-0.1, -0.05) is 56.3 Å². The Morgan fingerprint density at radius 2 is 1.86 bits per heavy atom. The van der Waals surface area contributed by atoms with E-state index in [-0.39, 0.29) is 5.56 Å². The first-order valence-corrected chi connectivity index (χ1v) is 10.2. The number of nitrogens with zero attached hydrogens (tertiary/aromatic N) is 1. The van der Waals surface area contributed by atoms with Crippen LogP contribution in [0.15, 0.2) is 48.5 Å². The van der Waals surface area contributed by atoms with Crippen molar-refractivity contribution in [2.45, 2.75) is 33.2 Å². The molecule has 0 amide bonds. The summed E-state index contributed by atoms with van der Waals surface area (Å²) in [4.78, 5) is 18.3. The first-order valence-electron chi connectivity index (χ1n) is 10.2. The van der Waals surface area contributed by atoms with Crippen molar-refractivity contribution in [2.75, 3.05) is 13.1 Å². The van der Waals surface area contributed by atoms with Gasteiger partial charge < -0.3 is 14.8 Å². The summed E-state index contributed by atoms with van der Waals surface area (Å²) in [6.45, 7) is 8.89. The van der Waals surface area contributed by atoms with Crippen LogP contribution in [0.25, 0.3) is 22.6 Å². The molecule has 1 aliphatic heterocycles. The number of carbonyl (C=O) groups is 1. The van der Waals surface area contributed by atoms with Crippen LogP contribution in [0.4, 0.5) is 0 Å². The summed E-state index contributed by atoms with van der Waals surface area (Å²) in [7, 11) is 0. The molecule has 0 saturated carbocycles. The topological polar surface area (TPSA) is 57.5 Å². The van der Waals surface area contributed by atoms with Crippen molar-refractivity contribution in [1.29, 1.82) is 0 Å². The summed E-state index contributed by atoms with van der Waals surface area (Å²) in [5.41, 5.74) is 6.07. The maximum atomic E-state index is 12.1. The lowest BCUT2D eigenvalue weighted by atomic mass is 9.91. The van der Waals surface area contributed by atoms with Gasteiger partial charge >= 0.3 is 0 Å². The first kappa shape index (κ1) is 19.3. The van der Waals surface area contributed by atoms with Crippen LogP contribution >= 0.6 is 0 Å². The van der Waals surface area contributed by atoms with Crippen LogP contribution in [-0.2, 0) is 6.54 Å². The smallest absolute Gasteiger partial charge is 0.106 e. The molecule has 1 aliphatic rings. The Morgan fingerprint density at radius 3 is 2.52 bits per heavy atom. The van der Waals surface area contributed by atoms with Crippen molar-refractivity contribution in [2.24, 2.45) is 0 Å². The number of pyridine rings is 1. The molecule has 3 aromatic rings. The fourth-order valence-electron chi connectivity index (χ4n) is 4.14. The lowest BCUT2D eigenvalue weighted by molar-refractivity contribution is -0.905. The average Bonchev–Trinajstić information content (AvgIpc) is 2.72. The van der Waals surface area contributed by atoms with E-state index in [1.807, 2.05) is 24.3 Å². The van der Waals surface area contributed by atoms with Crippen molar-refractivity contribution in [3.8, 4) is 0 Å². The maximum absolute atomic E-state index is 12.1. The van der Waals surface area contributed by atoms with Crippen molar-refractivity contribution in [3.05, 3.63) is 76.5 Å². The lowest BCUT2D eigenvalue weighted by Crippen LogP contribution is -3.11. The molecule has 0 fully saturated rings. The third kappa shape index (κ3) is 3.68. The summed E-state index contributed by atoms with van der Waals surface area (Å²) in [6, 6.07) is 16.0. The number of fused-ring (bicyclic) bond motifs is 2. The Kier molecular flexibility index (Phi) is 5.20. The Morgan fingerprint density at radius 1 is 1.14 bits per heavy atom. The van der Waals surface area contributed by atoms with Crippen molar-refractivity contribution in [1.82, 2.24) is 4.98 Å². The number of para-hydroxylation sites is 1. The Labute approximate surface area is 171 Å². The fourth-order valence-corrected chi connectivity index (χ4v) is 4.14. The predicted octanol–water partition coefficient (Wildman–Crippen LogP) is 2.68. The number of rotatable bonds is 4. The van der Waals surface area contributed by atoms with Gasteiger partial charge in [-0.15, -0.1) is 0 Å². The molecule has 4 nitrogen and oxygen atoms in total. The van der Waals surface area contributed by atoms with Crippen LogP contribution in [0.5, 0.6) is 0 Å². The molecule has 0 bridgehead atoms. The van der Waals surface area contributed by atoms with Gasteiger partial charge in [-0.05, 0) is 36.1 Å². The second-order valence-corrected chi connectivity index (χ2v) is 8.07.